The molecule has 0 spiro atoms. The van der Waals surface area contributed by atoms with Crippen molar-refractivity contribution in [2.24, 2.45) is 5.73 Å². The van der Waals surface area contributed by atoms with Crippen LogP contribution in [0, 0.1) is 6.92 Å². The summed E-state index contributed by atoms with van der Waals surface area (Å²) < 4.78 is 27.6. The van der Waals surface area contributed by atoms with Gasteiger partial charge in [-0.15, -0.1) is 0 Å². The Balaban J connectivity index is 2.15. The maximum absolute atomic E-state index is 12.4. The van der Waals surface area contributed by atoms with Gasteiger partial charge in [-0.2, -0.15) is 0 Å². The van der Waals surface area contributed by atoms with Gasteiger partial charge in [-0.05, 0) is 56.6 Å². The lowest BCUT2D eigenvalue weighted by atomic mass is 10.1. The first-order valence-corrected chi connectivity index (χ1v) is 8.41. The van der Waals surface area contributed by atoms with Crippen molar-refractivity contribution in [1.29, 1.82) is 0 Å². The number of hydrogen-bond donors (Lipinski definition) is 2. The summed E-state index contributed by atoms with van der Waals surface area (Å²) in [7, 11) is -1.43. The maximum Gasteiger partial charge on any atom is 0.240 e. The van der Waals surface area contributed by atoms with Crippen LogP contribution in [0.5, 0.6) is 0 Å². The van der Waals surface area contributed by atoms with E-state index in [2.05, 4.69) is 9.62 Å². The summed E-state index contributed by atoms with van der Waals surface area (Å²) in [5.41, 5.74) is 7.49. The van der Waals surface area contributed by atoms with E-state index in [1.54, 1.807) is 18.2 Å². The van der Waals surface area contributed by atoms with Gasteiger partial charge in [0.05, 0.1) is 4.90 Å². The Hall–Kier alpha value is -0.950. The van der Waals surface area contributed by atoms with E-state index in [0.717, 1.165) is 37.1 Å². The fourth-order valence-electron chi connectivity index (χ4n) is 2.61. The lowest BCUT2D eigenvalue weighted by molar-refractivity contribution is 0.242. The number of aryl methyl sites for hydroxylation is 1. The molecule has 1 aliphatic heterocycles. The summed E-state index contributed by atoms with van der Waals surface area (Å²) in [6.07, 6.45) is 1.91. The molecule has 0 radical (unpaired) electrons. The van der Waals surface area contributed by atoms with Gasteiger partial charge in [-0.1, -0.05) is 6.07 Å². The zero-order valence-electron chi connectivity index (χ0n) is 12.1. The predicted molar refractivity (Wildman–Crippen MR) is 79.9 cm³/mol. The molecule has 1 fully saturated rings. The topological polar surface area (TPSA) is 75.4 Å². The van der Waals surface area contributed by atoms with E-state index >= 15 is 0 Å². The van der Waals surface area contributed by atoms with Crippen LogP contribution >= 0.6 is 0 Å². The van der Waals surface area contributed by atoms with Crippen LogP contribution in [-0.4, -0.2) is 39.5 Å². The van der Waals surface area contributed by atoms with Gasteiger partial charge >= 0.3 is 0 Å². The van der Waals surface area contributed by atoms with Crippen molar-refractivity contribution in [1.82, 2.24) is 9.62 Å². The Morgan fingerprint density at radius 3 is 2.80 bits per heavy atom. The van der Waals surface area contributed by atoms with Crippen LogP contribution in [0.15, 0.2) is 23.1 Å². The van der Waals surface area contributed by atoms with E-state index < -0.39 is 10.0 Å². The van der Waals surface area contributed by atoms with Gasteiger partial charge in [-0.25, -0.2) is 13.1 Å². The van der Waals surface area contributed by atoms with Gasteiger partial charge in [0.1, 0.15) is 0 Å². The van der Waals surface area contributed by atoms with E-state index in [4.69, 9.17) is 5.73 Å². The Labute approximate surface area is 121 Å². The summed E-state index contributed by atoms with van der Waals surface area (Å²) in [5, 5.41) is 0. The fraction of sp³-hybridized carbons (Fsp3) is 0.571. The first-order chi connectivity index (χ1) is 9.42. The Bertz CT molecular complexity index is 572. The van der Waals surface area contributed by atoms with Crippen molar-refractivity contribution in [3.63, 3.8) is 0 Å². The number of benzene rings is 1. The molecule has 1 saturated heterocycles. The monoisotopic (exact) mass is 297 g/mol. The molecule has 1 unspecified atom stereocenters. The van der Waals surface area contributed by atoms with Gasteiger partial charge in [0.2, 0.25) is 10.0 Å². The normalized spacial score (nSPS) is 21.1. The third-order valence-corrected chi connectivity index (χ3v) is 5.31. The first-order valence-electron chi connectivity index (χ1n) is 6.93. The van der Waals surface area contributed by atoms with Gasteiger partial charge in [0.15, 0.2) is 0 Å². The summed E-state index contributed by atoms with van der Waals surface area (Å²) in [6.45, 7) is 4.10. The maximum atomic E-state index is 12.4. The van der Waals surface area contributed by atoms with Crippen LogP contribution in [0.3, 0.4) is 0 Å². The molecule has 5 nitrogen and oxygen atoms in total. The molecule has 2 rings (SSSR count). The number of sulfonamides is 1. The number of nitrogens with zero attached hydrogens (tertiary/aromatic N) is 1. The zero-order chi connectivity index (χ0) is 14.8. The van der Waals surface area contributed by atoms with Crippen LogP contribution < -0.4 is 10.5 Å². The molecule has 0 bridgehead atoms. The average Bonchev–Trinajstić information content (AvgIpc) is 2.38. The predicted octanol–water partition coefficient (Wildman–Crippen LogP) is 0.826. The largest absolute Gasteiger partial charge is 0.326 e. The summed E-state index contributed by atoms with van der Waals surface area (Å²) >= 11 is 0. The van der Waals surface area contributed by atoms with Crippen molar-refractivity contribution in [3.05, 3.63) is 29.3 Å². The van der Waals surface area contributed by atoms with Crippen LogP contribution in [0.1, 0.15) is 24.0 Å². The minimum atomic E-state index is -3.45. The standard InChI is InChI=1S/C14H23N3O2S/c1-11-8-14(6-5-12(11)9-15)20(18,19)16-13-4-3-7-17(2)10-13/h5-6,8,13,16H,3-4,7,9-10,15H2,1-2H3. The Morgan fingerprint density at radius 2 is 2.20 bits per heavy atom. The molecule has 1 aromatic carbocycles. The van der Waals surface area contributed by atoms with E-state index in [0.29, 0.717) is 11.4 Å². The minimum absolute atomic E-state index is 0.00626. The number of nitrogens with one attached hydrogen (secondary N) is 1. The highest BCUT2D eigenvalue weighted by atomic mass is 32.2. The number of piperidine rings is 1. The highest BCUT2D eigenvalue weighted by Gasteiger charge is 2.23. The molecule has 112 valence electrons. The molecule has 1 heterocycles. The second kappa shape index (κ2) is 6.22. The summed E-state index contributed by atoms with van der Waals surface area (Å²) in [4.78, 5) is 2.47. The van der Waals surface area contributed by atoms with E-state index in [-0.39, 0.29) is 6.04 Å². The summed E-state index contributed by atoms with van der Waals surface area (Å²) in [5.74, 6) is 0. The SMILES string of the molecule is Cc1cc(S(=O)(=O)NC2CCCN(C)C2)ccc1CN. The van der Waals surface area contributed by atoms with Crippen molar-refractivity contribution in [3.8, 4) is 0 Å². The molecule has 6 heteroatoms. The van der Waals surface area contributed by atoms with Crippen molar-refractivity contribution in [2.45, 2.75) is 37.2 Å². The number of rotatable bonds is 4. The molecule has 0 aliphatic carbocycles. The highest BCUT2D eigenvalue weighted by Crippen LogP contribution is 2.17. The smallest absolute Gasteiger partial charge is 0.240 e. The molecule has 0 amide bonds. The lowest BCUT2D eigenvalue weighted by Crippen LogP contribution is -2.46. The number of nitrogens with two attached hydrogens (primary N) is 1. The van der Waals surface area contributed by atoms with Crippen molar-refractivity contribution in [2.75, 3.05) is 20.1 Å². The molecule has 1 atom stereocenters. The Morgan fingerprint density at radius 1 is 1.45 bits per heavy atom. The van der Waals surface area contributed by atoms with Gasteiger partial charge in [0, 0.05) is 19.1 Å². The van der Waals surface area contributed by atoms with Gasteiger partial charge in [-0.3, -0.25) is 0 Å². The molecular formula is C14H23N3O2S. The van der Waals surface area contributed by atoms with E-state index in [1.165, 1.54) is 0 Å². The molecule has 1 aromatic rings. The number of likely N-dealkylation sites (N-methyl/N-ethyl adjacent to an activating group) is 1. The van der Waals surface area contributed by atoms with Crippen LogP contribution in [-0.2, 0) is 16.6 Å². The number of likely N-dealkylation sites (tertiary alicyclic amines) is 1. The molecular weight excluding hydrogens is 274 g/mol. The quantitative estimate of drug-likeness (QED) is 0.863. The molecule has 0 saturated carbocycles. The zero-order valence-corrected chi connectivity index (χ0v) is 12.9. The minimum Gasteiger partial charge on any atom is -0.326 e. The van der Waals surface area contributed by atoms with E-state index in [1.807, 2.05) is 14.0 Å². The first kappa shape index (κ1) is 15.4. The van der Waals surface area contributed by atoms with Crippen LogP contribution in [0.4, 0.5) is 0 Å². The fourth-order valence-corrected chi connectivity index (χ4v) is 3.96. The highest BCUT2D eigenvalue weighted by molar-refractivity contribution is 7.89. The second-order valence-corrected chi connectivity index (χ2v) is 7.23. The molecule has 0 aromatic heterocycles. The average molecular weight is 297 g/mol. The third-order valence-electron chi connectivity index (χ3n) is 3.79. The van der Waals surface area contributed by atoms with Crippen LogP contribution in [0.2, 0.25) is 0 Å². The molecule has 20 heavy (non-hydrogen) atoms. The molecule has 3 N–H and O–H groups in total. The number of hydrogen-bond acceptors (Lipinski definition) is 4. The summed E-state index contributed by atoms with van der Waals surface area (Å²) in [6, 6.07) is 5.10. The van der Waals surface area contributed by atoms with Crippen molar-refractivity contribution < 1.29 is 8.42 Å². The van der Waals surface area contributed by atoms with E-state index in [9.17, 15) is 8.42 Å². The lowest BCUT2D eigenvalue weighted by Gasteiger charge is -2.30. The van der Waals surface area contributed by atoms with Gasteiger partial charge in [0.25, 0.3) is 0 Å². The Kier molecular flexibility index (Phi) is 4.80. The van der Waals surface area contributed by atoms with Crippen LogP contribution in [0.25, 0.3) is 0 Å². The third kappa shape index (κ3) is 3.58. The molecule has 1 aliphatic rings. The van der Waals surface area contributed by atoms with Gasteiger partial charge < -0.3 is 10.6 Å². The van der Waals surface area contributed by atoms with Crippen molar-refractivity contribution >= 4 is 10.0 Å². The second-order valence-electron chi connectivity index (χ2n) is 5.52.